The molecule has 0 saturated heterocycles. The molecule has 1 amide bonds. The topological polar surface area (TPSA) is 82.8 Å². The van der Waals surface area contributed by atoms with Gasteiger partial charge in [-0.2, -0.15) is 0 Å². The Bertz CT molecular complexity index is 421. The number of ether oxygens (including phenoxy) is 3. The van der Waals surface area contributed by atoms with Crippen molar-refractivity contribution in [3.8, 4) is 5.75 Å². The largest absolute Gasteiger partial charge is 0.491 e. The van der Waals surface area contributed by atoms with Crippen LogP contribution in [0.2, 0.25) is 0 Å². The number of carbonyl (C=O) groups excluding carboxylic acids is 1. The zero-order valence-electron chi connectivity index (χ0n) is 12.1. The summed E-state index contributed by atoms with van der Waals surface area (Å²) in [5.41, 5.74) is 5.89. The summed E-state index contributed by atoms with van der Waals surface area (Å²) in [4.78, 5) is 10.7. The van der Waals surface area contributed by atoms with Gasteiger partial charge in [0.1, 0.15) is 5.75 Å². The number of methoxy groups -OCH3 is 2. The van der Waals surface area contributed by atoms with Crippen LogP contribution >= 0.6 is 0 Å². The van der Waals surface area contributed by atoms with E-state index in [4.69, 9.17) is 19.9 Å². The van der Waals surface area contributed by atoms with Crippen LogP contribution in [0.25, 0.3) is 0 Å². The third-order valence-electron chi connectivity index (χ3n) is 2.75. The lowest BCUT2D eigenvalue weighted by Gasteiger charge is -2.24. The second-order valence-corrected chi connectivity index (χ2v) is 4.33. The molecular formula is C14H22N2O4. The quantitative estimate of drug-likeness (QED) is 0.668. The fourth-order valence-electron chi connectivity index (χ4n) is 1.79. The summed E-state index contributed by atoms with van der Waals surface area (Å²) >= 11 is 0. The fraction of sp³-hybridized carbons (Fsp3) is 0.500. The van der Waals surface area contributed by atoms with E-state index >= 15 is 0 Å². The fourth-order valence-corrected chi connectivity index (χ4v) is 1.79. The van der Waals surface area contributed by atoms with Crippen LogP contribution in [-0.2, 0) is 14.3 Å². The third-order valence-corrected chi connectivity index (χ3v) is 2.75. The van der Waals surface area contributed by atoms with Gasteiger partial charge in [-0.3, -0.25) is 4.79 Å². The van der Waals surface area contributed by atoms with E-state index in [0.717, 1.165) is 5.69 Å². The van der Waals surface area contributed by atoms with Crippen LogP contribution in [0.3, 0.4) is 0 Å². The van der Waals surface area contributed by atoms with Gasteiger partial charge in [0, 0.05) is 14.2 Å². The predicted molar refractivity (Wildman–Crippen MR) is 76.6 cm³/mol. The van der Waals surface area contributed by atoms with Crippen LogP contribution in [-0.4, -0.2) is 39.1 Å². The summed E-state index contributed by atoms with van der Waals surface area (Å²) in [6.45, 7) is 2.19. The van der Waals surface area contributed by atoms with Crippen LogP contribution < -0.4 is 15.8 Å². The second kappa shape index (κ2) is 8.39. The Morgan fingerprint density at radius 2 is 1.95 bits per heavy atom. The van der Waals surface area contributed by atoms with E-state index in [1.54, 1.807) is 14.2 Å². The molecule has 0 radical (unpaired) electrons. The summed E-state index contributed by atoms with van der Waals surface area (Å²) in [6.07, 6.45) is -0.184. The van der Waals surface area contributed by atoms with E-state index in [-0.39, 0.29) is 31.3 Å². The SMILES string of the molecule is COC(OC)C(C)Nc1ccccc1OCCC(N)=O. The zero-order valence-corrected chi connectivity index (χ0v) is 12.1. The van der Waals surface area contributed by atoms with Crippen molar-refractivity contribution in [3.05, 3.63) is 24.3 Å². The minimum atomic E-state index is -0.386. The Kier molecular flexibility index (Phi) is 6.83. The first-order valence-electron chi connectivity index (χ1n) is 6.40. The predicted octanol–water partition coefficient (Wildman–Crippen LogP) is 1.36. The third kappa shape index (κ3) is 5.07. The van der Waals surface area contributed by atoms with Gasteiger partial charge in [0.15, 0.2) is 6.29 Å². The molecule has 6 heteroatoms. The maximum Gasteiger partial charge on any atom is 0.220 e. The molecule has 1 unspecified atom stereocenters. The van der Waals surface area contributed by atoms with Crippen LogP contribution in [0.15, 0.2) is 24.3 Å². The molecule has 0 aliphatic rings. The molecular weight excluding hydrogens is 260 g/mol. The van der Waals surface area contributed by atoms with Gasteiger partial charge in [-0.05, 0) is 19.1 Å². The number of carbonyl (C=O) groups is 1. The van der Waals surface area contributed by atoms with E-state index in [1.165, 1.54) is 0 Å². The van der Waals surface area contributed by atoms with E-state index in [9.17, 15) is 4.79 Å². The van der Waals surface area contributed by atoms with Crippen molar-refractivity contribution >= 4 is 11.6 Å². The first kappa shape index (κ1) is 16.3. The molecule has 6 nitrogen and oxygen atoms in total. The molecule has 112 valence electrons. The molecule has 1 aromatic rings. The molecule has 0 heterocycles. The van der Waals surface area contributed by atoms with Crippen LogP contribution in [0, 0.1) is 0 Å². The zero-order chi connectivity index (χ0) is 15.0. The highest BCUT2D eigenvalue weighted by molar-refractivity contribution is 5.73. The highest BCUT2D eigenvalue weighted by Gasteiger charge is 2.16. The average Bonchev–Trinajstić information content (AvgIpc) is 2.41. The van der Waals surface area contributed by atoms with Crippen LogP contribution in [0.5, 0.6) is 5.75 Å². The van der Waals surface area contributed by atoms with Gasteiger partial charge in [0.05, 0.1) is 24.8 Å². The molecule has 0 aromatic heterocycles. The summed E-state index contributed by atoms with van der Waals surface area (Å²) in [7, 11) is 3.17. The summed E-state index contributed by atoms with van der Waals surface area (Å²) < 4.78 is 15.9. The van der Waals surface area contributed by atoms with Gasteiger partial charge in [-0.15, -0.1) is 0 Å². The molecule has 1 aromatic carbocycles. The van der Waals surface area contributed by atoms with Gasteiger partial charge >= 0.3 is 0 Å². The maximum absolute atomic E-state index is 10.7. The van der Waals surface area contributed by atoms with E-state index in [0.29, 0.717) is 5.75 Å². The number of rotatable bonds is 9. The maximum atomic E-state index is 10.7. The highest BCUT2D eigenvalue weighted by atomic mass is 16.7. The Morgan fingerprint density at radius 3 is 2.55 bits per heavy atom. The van der Waals surface area contributed by atoms with Gasteiger partial charge in [0.2, 0.25) is 5.91 Å². The van der Waals surface area contributed by atoms with Crippen molar-refractivity contribution in [2.45, 2.75) is 25.7 Å². The number of anilines is 1. The van der Waals surface area contributed by atoms with Crippen molar-refractivity contribution in [1.29, 1.82) is 0 Å². The highest BCUT2D eigenvalue weighted by Crippen LogP contribution is 2.25. The Morgan fingerprint density at radius 1 is 1.30 bits per heavy atom. The monoisotopic (exact) mass is 282 g/mol. The summed E-state index contributed by atoms with van der Waals surface area (Å²) in [5, 5.41) is 3.26. The second-order valence-electron chi connectivity index (χ2n) is 4.33. The lowest BCUT2D eigenvalue weighted by atomic mass is 10.2. The molecule has 20 heavy (non-hydrogen) atoms. The molecule has 0 aliphatic heterocycles. The normalized spacial score (nSPS) is 12.2. The smallest absolute Gasteiger partial charge is 0.220 e. The first-order valence-corrected chi connectivity index (χ1v) is 6.40. The lowest BCUT2D eigenvalue weighted by Crippen LogP contribution is -2.33. The number of benzene rings is 1. The van der Waals surface area contributed by atoms with Crippen molar-refractivity contribution < 1.29 is 19.0 Å². The standard InChI is InChI=1S/C14H22N2O4/c1-10(14(18-2)19-3)16-11-6-4-5-7-12(11)20-9-8-13(15)17/h4-7,10,14,16H,8-9H2,1-3H3,(H2,15,17). The molecule has 0 fully saturated rings. The van der Waals surface area contributed by atoms with E-state index in [1.807, 2.05) is 31.2 Å². The lowest BCUT2D eigenvalue weighted by molar-refractivity contribution is -0.118. The van der Waals surface area contributed by atoms with Gasteiger partial charge in [0.25, 0.3) is 0 Å². The molecule has 0 bridgehead atoms. The number of nitrogens with one attached hydrogen (secondary N) is 1. The number of primary amides is 1. The molecule has 0 saturated carbocycles. The molecule has 0 spiro atoms. The van der Waals surface area contributed by atoms with Gasteiger partial charge < -0.3 is 25.3 Å². The van der Waals surface area contributed by atoms with Gasteiger partial charge in [-0.1, -0.05) is 12.1 Å². The molecule has 0 aliphatic carbocycles. The van der Waals surface area contributed by atoms with Gasteiger partial charge in [-0.25, -0.2) is 0 Å². The van der Waals surface area contributed by atoms with Crippen LogP contribution in [0.4, 0.5) is 5.69 Å². The molecule has 1 atom stereocenters. The van der Waals surface area contributed by atoms with Crippen molar-refractivity contribution in [3.63, 3.8) is 0 Å². The molecule has 3 N–H and O–H groups in total. The number of hydrogen-bond donors (Lipinski definition) is 2. The van der Waals surface area contributed by atoms with Crippen molar-refractivity contribution in [2.75, 3.05) is 26.1 Å². The number of amides is 1. The first-order chi connectivity index (χ1) is 9.58. The molecule has 1 rings (SSSR count). The average molecular weight is 282 g/mol. The minimum Gasteiger partial charge on any atom is -0.491 e. The van der Waals surface area contributed by atoms with E-state index in [2.05, 4.69) is 5.32 Å². The Balaban J connectivity index is 2.67. The summed E-state index contributed by atoms with van der Waals surface area (Å²) in [6, 6.07) is 7.40. The van der Waals surface area contributed by atoms with Crippen molar-refractivity contribution in [1.82, 2.24) is 0 Å². The van der Waals surface area contributed by atoms with Crippen molar-refractivity contribution in [2.24, 2.45) is 5.73 Å². The Labute approximate surface area is 119 Å². The van der Waals surface area contributed by atoms with E-state index < -0.39 is 0 Å². The van der Waals surface area contributed by atoms with Crippen LogP contribution in [0.1, 0.15) is 13.3 Å². The summed E-state index contributed by atoms with van der Waals surface area (Å²) in [5.74, 6) is 0.272. The number of para-hydroxylation sites is 2. The Hall–Kier alpha value is -1.79. The minimum absolute atomic E-state index is 0.0640. The number of hydrogen-bond acceptors (Lipinski definition) is 5. The number of nitrogens with two attached hydrogens (primary N) is 1.